The summed E-state index contributed by atoms with van der Waals surface area (Å²) in [5, 5.41) is 23.8. The lowest BCUT2D eigenvalue weighted by atomic mass is 9.67. The number of fused-ring (bicyclic) bond motifs is 3. The molecule has 1 fully saturated rings. The van der Waals surface area contributed by atoms with Crippen LogP contribution in [0.25, 0.3) is 16.5 Å². The molecule has 0 radical (unpaired) electrons. The zero-order valence-electron chi connectivity index (χ0n) is 13.4. The third kappa shape index (κ3) is 1.90. The molecule has 0 saturated heterocycles. The number of Topliss-reactive ketones (excluding diaryl/α,β-unsaturated/α-hetero) is 1. The van der Waals surface area contributed by atoms with Crippen LogP contribution in [0.15, 0.2) is 40.9 Å². The average Bonchev–Trinajstić information content (AvgIpc) is 2.89. The number of halogens is 1. The molecule has 126 valence electrons. The van der Waals surface area contributed by atoms with Gasteiger partial charge in [0.25, 0.3) is 0 Å². The maximum Gasteiger partial charge on any atom is 0.202 e. The van der Waals surface area contributed by atoms with Crippen molar-refractivity contribution in [2.75, 3.05) is 0 Å². The summed E-state index contributed by atoms with van der Waals surface area (Å²) in [7, 11) is 0. The molecule has 5 heteroatoms. The van der Waals surface area contributed by atoms with Crippen molar-refractivity contribution in [3.63, 3.8) is 0 Å². The number of carbonyl (C=O) groups is 1. The van der Waals surface area contributed by atoms with Crippen LogP contribution in [0.5, 0.6) is 11.8 Å². The van der Waals surface area contributed by atoms with Crippen LogP contribution in [0.4, 0.5) is 0 Å². The fourth-order valence-corrected chi connectivity index (χ4v) is 5.04. The summed E-state index contributed by atoms with van der Waals surface area (Å²) >= 11 is 3.56. The molecule has 4 nitrogen and oxygen atoms in total. The fourth-order valence-electron chi connectivity index (χ4n) is 4.57. The fraction of sp³-hybridized carbons (Fsp3) is 0.250. The largest absolute Gasteiger partial charge is 0.494 e. The molecule has 1 saturated carbocycles. The Hall–Kier alpha value is -2.27. The maximum absolute atomic E-state index is 12.3. The topological polar surface area (TPSA) is 62.5 Å². The predicted octanol–water partition coefficient (Wildman–Crippen LogP) is 4.74. The Bertz CT molecular complexity index is 1050. The van der Waals surface area contributed by atoms with Crippen molar-refractivity contribution in [1.82, 2.24) is 4.57 Å². The minimum Gasteiger partial charge on any atom is -0.494 e. The number of hydrogen-bond donors (Lipinski definition) is 2. The zero-order valence-corrected chi connectivity index (χ0v) is 15.0. The van der Waals surface area contributed by atoms with Gasteiger partial charge in [-0.1, -0.05) is 40.2 Å². The second-order valence-corrected chi connectivity index (χ2v) is 7.77. The summed E-state index contributed by atoms with van der Waals surface area (Å²) in [4.78, 5) is 12.3. The molecule has 3 aromatic rings. The third-order valence-corrected chi connectivity index (χ3v) is 6.37. The summed E-state index contributed by atoms with van der Waals surface area (Å²) in [5.41, 5.74) is 2.12. The highest BCUT2D eigenvalue weighted by atomic mass is 79.9. The lowest BCUT2D eigenvalue weighted by Crippen LogP contribution is -2.28. The average molecular weight is 398 g/mol. The van der Waals surface area contributed by atoms with Gasteiger partial charge in [0, 0.05) is 33.3 Å². The smallest absolute Gasteiger partial charge is 0.202 e. The number of benzene rings is 2. The molecular weight excluding hydrogens is 382 g/mol. The number of aromatic hydroxyl groups is 2. The van der Waals surface area contributed by atoms with E-state index in [4.69, 9.17) is 0 Å². The molecule has 0 amide bonds. The van der Waals surface area contributed by atoms with Crippen LogP contribution >= 0.6 is 15.9 Å². The second kappa shape index (κ2) is 5.11. The number of rotatable bonds is 1. The molecule has 2 N–H and O–H groups in total. The van der Waals surface area contributed by atoms with E-state index in [0.717, 1.165) is 39.3 Å². The van der Waals surface area contributed by atoms with Crippen LogP contribution in [-0.4, -0.2) is 20.6 Å². The monoisotopic (exact) mass is 397 g/mol. The van der Waals surface area contributed by atoms with Gasteiger partial charge in [0.1, 0.15) is 5.78 Å². The SMILES string of the molecule is O=C1C[C@@H]2CC[C@H]1c1c2c(O)n(-c2ccc(Br)c3ccccc23)c1O. The van der Waals surface area contributed by atoms with Crippen LogP contribution in [0.2, 0.25) is 0 Å². The van der Waals surface area contributed by atoms with Crippen molar-refractivity contribution in [2.45, 2.75) is 31.1 Å². The Labute approximate surface area is 152 Å². The number of hydrogen-bond acceptors (Lipinski definition) is 3. The van der Waals surface area contributed by atoms with E-state index in [1.54, 1.807) is 0 Å². The first-order valence-electron chi connectivity index (χ1n) is 8.44. The van der Waals surface area contributed by atoms with Gasteiger partial charge in [-0.25, -0.2) is 0 Å². The van der Waals surface area contributed by atoms with Crippen LogP contribution in [0.1, 0.15) is 42.2 Å². The first kappa shape index (κ1) is 15.0. The summed E-state index contributed by atoms with van der Waals surface area (Å²) in [6.45, 7) is 0. The van der Waals surface area contributed by atoms with E-state index in [0.29, 0.717) is 12.0 Å². The van der Waals surface area contributed by atoms with Gasteiger partial charge in [-0.05, 0) is 36.3 Å². The minimum absolute atomic E-state index is 0.00252. The highest BCUT2D eigenvalue weighted by molar-refractivity contribution is 9.10. The Morgan fingerprint density at radius 1 is 0.960 bits per heavy atom. The summed E-state index contributed by atoms with van der Waals surface area (Å²) < 4.78 is 2.46. The van der Waals surface area contributed by atoms with Gasteiger partial charge in [0.15, 0.2) is 0 Å². The second-order valence-electron chi connectivity index (χ2n) is 6.92. The molecule has 3 aliphatic rings. The van der Waals surface area contributed by atoms with Crippen molar-refractivity contribution < 1.29 is 15.0 Å². The Morgan fingerprint density at radius 3 is 2.44 bits per heavy atom. The highest BCUT2D eigenvalue weighted by Gasteiger charge is 2.45. The molecule has 1 heterocycles. The molecule has 1 aromatic heterocycles. The molecule has 2 atom stereocenters. The van der Waals surface area contributed by atoms with Crippen molar-refractivity contribution in [3.05, 3.63) is 52.0 Å². The quantitative estimate of drug-likeness (QED) is 0.623. The van der Waals surface area contributed by atoms with E-state index in [9.17, 15) is 15.0 Å². The molecule has 2 bridgehead atoms. The Kier molecular flexibility index (Phi) is 3.07. The van der Waals surface area contributed by atoms with E-state index >= 15 is 0 Å². The molecule has 0 aliphatic heterocycles. The van der Waals surface area contributed by atoms with Crippen LogP contribution < -0.4 is 0 Å². The van der Waals surface area contributed by atoms with Crippen molar-refractivity contribution >= 4 is 32.5 Å². The number of aromatic nitrogens is 1. The van der Waals surface area contributed by atoms with Crippen molar-refractivity contribution in [3.8, 4) is 17.4 Å². The van der Waals surface area contributed by atoms with E-state index in [2.05, 4.69) is 15.9 Å². The molecule has 0 unspecified atom stereocenters. The molecule has 0 spiro atoms. The first-order chi connectivity index (χ1) is 12.1. The van der Waals surface area contributed by atoms with Gasteiger partial charge in [-0.3, -0.25) is 9.36 Å². The van der Waals surface area contributed by atoms with Gasteiger partial charge in [-0.15, -0.1) is 0 Å². The standard InChI is InChI=1S/C20H16BrNO3/c21-14-7-8-15(12-4-2-1-3-11(12)14)22-19(24)17-10-5-6-13(16(23)9-10)18(17)20(22)25/h1-4,7-8,10,13,24-25H,5-6,9H2/t10-,13+/m0/s1. The molecule has 2 aromatic carbocycles. The van der Waals surface area contributed by atoms with E-state index in [1.807, 2.05) is 36.4 Å². The van der Waals surface area contributed by atoms with E-state index < -0.39 is 0 Å². The summed E-state index contributed by atoms with van der Waals surface area (Å²) in [5.74, 6) is -0.0167. The Morgan fingerprint density at radius 2 is 1.68 bits per heavy atom. The summed E-state index contributed by atoms with van der Waals surface area (Å²) in [6.07, 6.45) is 2.12. The molecule has 6 rings (SSSR count). The van der Waals surface area contributed by atoms with E-state index in [-0.39, 0.29) is 29.4 Å². The lowest BCUT2D eigenvalue weighted by molar-refractivity contribution is -0.123. The van der Waals surface area contributed by atoms with Crippen molar-refractivity contribution in [1.29, 1.82) is 0 Å². The minimum atomic E-state index is -0.283. The van der Waals surface area contributed by atoms with Gasteiger partial charge in [-0.2, -0.15) is 0 Å². The molecular formula is C20H16BrNO3. The summed E-state index contributed by atoms with van der Waals surface area (Å²) in [6, 6.07) is 11.6. The maximum atomic E-state index is 12.3. The number of ketones is 1. The number of nitrogens with zero attached hydrogens (tertiary/aromatic N) is 1. The van der Waals surface area contributed by atoms with Crippen LogP contribution in [-0.2, 0) is 4.79 Å². The predicted molar refractivity (Wildman–Crippen MR) is 98.6 cm³/mol. The highest BCUT2D eigenvalue weighted by Crippen LogP contribution is 2.56. The third-order valence-electron chi connectivity index (χ3n) is 5.68. The van der Waals surface area contributed by atoms with Crippen LogP contribution in [0.3, 0.4) is 0 Å². The Balaban J connectivity index is 1.84. The van der Waals surface area contributed by atoms with Crippen LogP contribution in [0, 0.1) is 0 Å². The molecule has 25 heavy (non-hydrogen) atoms. The first-order valence-corrected chi connectivity index (χ1v) is 9.24. The van der Waals surface area contributed by atoms with E-state index in [1.165, 1.54) is 4.57 Å². The van der Waals surface area contributed by atoms with Gasteiger partial charge in [0.2, 0.25) is 11.8 Å². The number of carbonyl (C=O) groups excluding carboxylic acids is 1. The molecule has 3 aliphatic carbocycles. The normalized spacial score (nSPS) is 21.7. The van der Waals surface area contributed by atoms with Gasteiger partial charge < -0.3 is 10.2 Å². The van der Waals surface area contributed by atoms with Gasteiger partial charge in [0.05, 0.1) is 5.69 Å². The lowest BCUT2D eigenvalue weighted by Gasteiger charge is -2.34. The van der Waals surface area contributed by atoms with Crippen molar-refractivity contribution in [2.24, 2.45) is 0 Å². The zero-order chi connectivity index (χ0) is 17.3. The van der Waals surface area contributed by atoms with Gasteiger partial charge >= 0.3 is 0 Å².